The van der Waals surface area contributed by atoms with Crippen molar-refractivity contribution in [3.05, 3.63) is 24.3 Å². The molecule has 0 aromatic carbocycles. The monoisotopic (exact) mass is 573 g/mol. The Balaban J connectivity index is 3.49. The fourth-order valence-corrected chi connectivity index (χ4v) is 5.57. The second-order valence-corrected chi connectivity index (χ2v) is 12.8. The van der Waals surface area contributed by atoms with Gasteiger partial charge in [0.15, 0.2) is 0 Å². The van der Waals surface area contributed by atoms with E-state index in [0.29, 0.717) is 25.0 Å². The second-order valence-electron chi connectivity index (χ2n) is 12.8. The van der Waals surface area contributed by atoms with Crippen molar-refractivity contribution in [2.24, 2.45) is 5.92 Å². The predicted octanol–water partition coefficient (Wildman–Crippen LogP) is 13.2. The molecule has 0 aliphatic carbocycles. The summed E-state index contributed by atoms with van der Waals surface area (Å²) in [5.41, 5.74) is 0. The maximum absolute atomic E-state index is 12.5. The molecule has 0 spiro atoms. The van der Waals surface area contributed by atoms with Crippen molar-refractivity contribution in [1.82, 2.24) is 0 Å². The van der Waals surface area contributed by atoms with Crippen LogP contribution in [0.3, 0.4) is 0 Å². The van der Waals surface area contributed by atoms with Gasteiger partial charge >= 0.3 is 0 Å². The van der Waals surface area contributed by atoms with E-state index in [4.69, 9.17) is 0 Å². The smallest absolute Gasteiger partial charge is 0.136 e. The van der Waals surface area contributed by atoms with Gasteiger partial charge in [-0.1, -0.05) is 148 Å². The Hall–Kier alpha value is -1.18. The molecule has 0 heterocycles. The van der Waals surface area contributed by atoms with Gasteiger partial charge in [-0.15, -0.1) is 0 Å². The quantitative estimate of drug-likeness (QED) is 0.0579. The zero-order valence-corrected chi connectivity index (χ0v) is 28.2. The van der Waals surface area contributed by atoms with E-state index in [1.165, 1.54) is 141 Å². The number of allylic oxidation sites excluding steroid dienone is 4. The van der Waals surface area contributed by atoms with Crippen molar-refractivity contribution in [2.75, 3.05) is 0 Å². The zero-order valence-electron chi connectivity index (χ0n) is 28.2. The number of hydrogen-bond acceptors (Lipinski definition) is 2. The third-order valence-electron chi connectivity index (χ3n) is 8.49. The number of carbonyl (C=O) groups excluding carboxylic acids is 2. The first-order valence-electron chi connectivity index (χ1n) is 18.5. The van der Waals surface area contributed by atoms with Crippen LogP contribution in [0, 0.1) is 5.92 Å². The molecule has 2 nitrogen and oxygen atoms in total. The summed E-state index contributed by atoms with van der Waals surface area (Å²) in [6.45, 7) is 6.50. The molecule has 0 aromatic heterocycles. The lowest BCUT2D eigenvalue weighted by molar-refractivity contribution is -0.127. The molecule has 240 valence electrons. The topological polar surface area (TPSA) is 34.1 Å². The van der Waals surface area contributed by atoms with Gasteiger partial charge in [0.25, 0.3) is 0 Å². The predicted molar refractivity (Wildman–Crippen MR) is 183 cm³/mol. The summed E-state index contributed by atoms with van der Waals surface area (Å²) in [6, 6.07) is 0. The molecular weight excluding hydrogens is 500 g/mol. The highest BCUT2D eigenvalue weighted by molar-refractivity contribution is 5.87. The van der Waals surface area contributed by atoms with Crippen LogP contribution in [0.5, 0.6) is 0 Å². The Morgan fingerprint density at radius 2 is 0.756 bits per heavy atom. The molecule has 0 aliphatic heterocycles. The van der Waals surface area contributed by atoms with Gasteiger partial charge in [-0.3, -0.25) is 9.59 Å². The molecule has 0 radical (unpaired) electrons. The molecule has 41 heavy (non-hydrogen) atoms. The first kappa shape index (κ1) is 39.8. The Morgan fingerprint density at radius 3 is 1.15 bits per heavy atom. The van der Waals surface area contributed by atoms with E-state index >= 15 is 0 Å². The third-order valence-corrected chi connectivity index (χ3v) is 8.49. The Labute approximate surface area is 258 Å². The van der Waals surface area contributed by atoms with Crippen LogP contribution in [0.25, 0.3) is 0 Å². The molecule has 0 amide bonds. The lowest BCUT2D eigenvalue weighted by Crippen LogP contribution is -2.15. The Bertz CT molecular complexity index is 617. The minimum absolute atomic E-state index is 0.0950. The molecular formula is C39H72O2. The van der Waals surface area contributed by atoms with Crippen LogP contribution in [-0.4, -0.2) is 11.6 Å². The molecule has 0 N–H and O–H groups in total. The van der Waals surface area contributed by atoms with Gasteiger partial charge in [-0.2, -0.15) is 0 Å². The lowest BCUT2D eigenvalue weighted by atomic mass is 9.94. The van der Waals surface area contributed by atoms with Gasteiger partial charge in [0.1, 0.15) is 11.6 Å². The highest BCUT2D eigenvalue weighted by Crippen LogP contribution is 2.16. The van der Waals surface area contributed by atoms with Crippen LogP contribution in [0.2, 0.25) is 0 Å². The van der Waals surface area contributed by atoms with E-state index in [0.717, 1.165) is 25.7 Å². The van der Waals surface area contributed by atoms with Crippen LogP contribution in [0.1, 0.15) is 207 Å². The summed E-state index contributed by atoms with van der Waals surface area (Å²) in [5.74, 6) is 0.482. The van der Waals surface area contributed by atoms with Crippen molar-refractivity contribution in [3.63, 3.8) is 0 Å². The molecule has 0 saturated heterocycles. The van der Waals surface area contributed by atoms with Gasteiger partial charge in [0.2, 0.25) is 0 Å². The van der Waals surface area contributed by atoms with Gasteiger partial charge in [0, 0.05) is 25.2 Å². The van der Waals surface area contributed by atoms with Crippen LogP contribution in [-0.2, 0) is 9.59 Å². The normalized spacial score (nSPS) is 12.6. The minimum Gasteiger partial charge on any atom is -0.300 e. The lowest BCUT2D eigenvalue weighted by Gasteiger charge is -2.10. The Morgan fingerprint density at radius 1 is 0.439 bits per heavy atom. The highest BCUT2D eigenvalue weighted by atomic mass is 16.1. The summed E-state index contributed by atoms with van der Waals surface area (Å²) in [4.78, 5) is 24.8. The van der Waals surface area contributed by atoms with Crippen molar-refractivity contribution < 1.29 is 9.59 Å². The average Bonchev–Trinajstić information content (AvgIpc) is 2.96. The molecule has 0 aromatic rings. The minimum atomic E-state index is -0.0950. The molecule has 0 unspecified atom stereocenters. The maximum atomic E-state index is 12.5. The van der Waals surface area contributed by atoms with E-state index in [1.54, 1.807) is 0 Å². The van der Waals surface area contributed by atoms with E-state index in [2.05, 4.69) is 38.2 Å². The van der Waals surface area contributed by atoms with E-state index in [-0.39, 0.29) is 11.7 Å². The van der Waals surface area contributed by atoms with E-state index < -0.39 is 0 Å². The number of Topliss-reactive ketones (excluding diaryl/α,β-unsaturated/α-hetero) is 2. The van der Waals surface area contributed by atoms with Gasteiger partial charge in [-0.05, 0) is 64.2 Å². The highest BCUT2D eigenvalue weighted by Gasteiger charge is 2.16. The first-order chi connectivity index (χ1) is 20.1. The van der Waals surface area contributed by atoms with Gasteiger partial charge < -0.3 is 0 Å². The molecule has 0 saturated carbocycles. The molecule has 2 heteroatoms. The fraction of sp³-hybridized carbons (Fsp3) is 0.846. The van der Waals surface area contributed by atoms with Gasteiger partial charge in [0.05, 0.1) is 0 Å². The summed E-state index contributed by atoms with van der Waals surface area (Å²) in [7, 11) is 0. The standard InChI is InChI=1S/C39H72O2/c1-4-6-8-10-12-14-16-18-20-22-24-26-28-30-32-34-38(40)36-37(3)39(41)35-33-31-29-27-25-23-21-19-17-15-13-11-9-7-5-2/h18-21,37H,4-17,22-36H2,1-3H3/b20-18-,21-19-/t37-/m0/s1. The van der Waals surface area contributed by atoms with Gasteiger partial charge in [-0.25, -0.2) is 0 Å². The number of unbranched alkanes of at least 4 members (excludes halogenated alkanes) is 22. The summed E-state index contributed by atoms with van der Waals surface area (Å²) in [6.07, 6.45) is 44.4. The van der Waals surface area contributed by atoms with Crippen molar-refractivity contribution in [1.29, 1.82) is 0 Å². The Kier molecular flexibility index (Phi) is 32.4. The van der Waals surface area contributed by atoms with Crippen LogP contribution < -0.4 is 0 Å². The van der Waals surface area contributed by atoms with E-state index in [1.807, 2.05) is 6.92 Å². The van der Waals surface area contributed by atoms with Crippen LogP contribution in [0.15, 0.2) is 24.3 Å². The molecule has 0 bridgehead atoms. The fourth-order valence-electron chi connectivity index (χ4n) is 5.57. The van der Waals surface area contributed by atoms with Crippen LogP contribution >= 0.6 is 0 Å². The van der Waals surface area contributed by atoms with Crippen LogP contribution in [0.4, 0.5) is 0 Å². The number of carbonyl (C=O) groups is 2. The molecule has 0 rings (SSSR count). The molecule has 1 atom stereocenters. The number of hydrogen-bond donors (Lipinski definition) is 0. The largest absolute Gasteiger partial charge is 0.300 e. The zero-order chi connectivity index (χ0) is 30.1. The summed E-state index contributed by atoms with van der Waals surface area (Å²) < 4.78 is 0. The van der Waals surface area contributed by atoms with E-state index in [9.17, 15) is 9.59 Å². The number of rotatable bonds is 33. The maximum Gasteiger partial charge on any atom is 0.136 e. The molecule has 0 aliphatic rings. The van der Waals surface area contributed by atoms with Crippen molar-refractivity contribution in [3.8, 4) is 0 Å². The number of ketones is 2. The SMILES string of the molecule is CCCCCCCC/C=C\CCCCCCCC(=O)C[C@H](C)C(=O)CCCCCCC/C=C\CCCCCCCC. The average molecular weight is 573 g/mol. The summed E-state index contributed by atoms with van der Waals surface area (Å²) in [5, 5.41) is 0. The van der Waals surface area contributed by atoms with Crippen molar-refractivity contribution >= 4 is 11.6 Å². The third kappa shape index (κ3) is 31.6. The molecule has 0 fully saturated rings. The van der Waals surface area contributed by atoms with Crippen molar-refractivity contribution in [2.45, 2.75) is 207 Å². The first-order valence-corrected chi connectivity index (χ1v) is 18.5. The summed E-state index contributed by atoms with van der Waals surface area (Å²) >= 11 is 0. The second kappa shape index (κ2) is 33.3.